The smallest absolute Gasteiger partial charge is 0.0455 e. The Labute approximate surface area is 168 Å². The third kappa shape index (κ3) is 5.74. The minimum absolute atomic E-state index is 1.22. The number of hydrogen-bond donors (Lipinski definition) is 0. The van der Waals surface area contributed by atoms with Crippen molar-refractivity contribution in [3.63, 3.8) is 0 Å². The van der Waals surface area contributed by atoms with Gasteiger partial charge in [0.2, 0.25) is 0 Å². The van der Waals surface area contributed by atoms with Crippen LogP contribution in [0.15, 0.2) is 30.3 Å². The normalized spacial score (nSPS) is 11.3. The number of para-hydroxylation sites is 1. The second-order valence-electron chi connectivity index (χ2n) is 7.94. The third-order valence-electron chi connectivity index (χ3n) is 5.71. The van der Waals surface area contributed by atoms with Crippen LogP contribution in [0.5, 0.6) is 0 Å². The van der Waals surface area contributed by atoms with Gasteiger partial charge in [0.15, 0.2) is 0 Å². The van der Waals surface area contributed by atoms with Crippen molar-refractivity contribution in [3.8, 4) is 5.69 Å². The summed E-state index contributed by atoms with van der Waals surface area (Å²) in [4.78, 5) is 0. The summed E-state index contributed by atoms with van der Waals surface area (Å²) in [6.45, 7) is 9.28. The molecule has 0 amide bonds. The quantitative estimate of drug-likeness (QED) is 0.340. The molecule has 1 aromatic heterocycles. The maximum atomic E-state index is 2.67. The Morgan fingerprint density at radius 1 is 0.556 bits per heavy atom. The predicted octanol–water partition coefficient (Wildman–Crippen LogP) is 7.85. The first kappa shape index (κ1) is 21.8. The van der Waals surface area contributed by atoms with Crippen molar-refractivity contribution in [2.24, 2.45) is 0 Å². The molecule has 1 heterocycles. The molecule has 2 aromatic rings. The molecule has 1 aromatic carbocycles. The highest BCUT2D eigenvalue weighted by Gasteiger charge is 2.22. The Bertz CT molecular complexity index is 613. The maximum Gasteiger partial charge on any atom is 0.0455 e. The molecule has 0 radical (unpaired) electrons. The fourth-order valence-corrected chi connectivity index (χ4v) is 4.18. The molecule has 1 nitrogen and oxygen atoms in total. The van der Waals surface area contributed by atoms with Crippen LogP contribution in [0.1, 0.15) is 102 Å². The average molecular weight is 368 g/mol. The van der Waals surface area contributed by atoms with Crippen molar-refractivity contribution in [2.75, 3.05) is 0 Å². The molecule has 0 atom stereocenters. The van der Waals surface area contributed by atoms with Crippen LogP contribution in [0.4, 0.5) is 0 Å². The third-order valence-corrected chi connectivity index (χ3v) is 5.71. The molecule has 2 rings (SSSR count). The zero-order chi connectivity index (χ0) is 19.5. The number of benzene rings is 1. The Morgan fingerprint density at radius 3 is 1.37 bits per heavy atom. The summed E-state index contributed by atoms with van der Waals surface area (Å²) < 4.78 is 2.67. The Balaban J connectivity index is 2.64. The summed E-state index contributed by atoms with van der Waals surface area (Å²) in [6, 6.07) is 11.1. The van der Waals surface area contributed by atoms with E-state index in [1.165, 1.54) is 82.7 Å². The molecular weight excluding hydrogens is 326 g/mol. The van der Waals surface area contributed by atoms with E-state index in [0.717, 1.165) is 0 Å². The average Bonchev–Trinajstić information content (AvgIpc) is 3.00. The van der Waals surface area contributed by atoms with Gasteiger partial charge in [-0.15, -0.1) is 0 Å². The lowest BCUT2D eigenvalue weighted by Crippen LogP contribution is -2.06. The van der Waals surface area contributed by atoms with Gasteiger partial charge in [0.1, 0.15) is 0 Å². The van der Waals surface area contributed by atoms with Crippen molar-refractivity contribution >= 4 is 0 Å². The molecule has 0 aliphatic heterocycles. The van der Waals surface area contributed by atoms with E-state index in [1.54, 1.807) is 22.5 Å². The molecule has 0 unspecified atom stereocenters. The molecule has 150 valence electrons. The topological polar surface area (TPSA) is 4.93 Å². The molecule has 1 heteroatoms. The lowest BCUT2D eigenvalue weighted by Gasteiger charge is -2.15. The highest BCUT2D eigenvalue weighted by atomic mass is 15.0. The van der Waals surface area contributed by atoms with Gasteiger partial charge in [0.05, 0.1) is 0 Å². The number of aromatic nitrogens is 1. The van der Waals surface area contributed by atoms with Crippen LogP contribution in [0.3, 0.4) is 0 Å². The second-order valence-corrected chi connectivity index (χ2v) is 7.94. The highest BCUT2D eigenvalue weighted by molar-refractivity contribution is 5.48. The van der Waals surface area contributed by atoms with E-state index >= 15 is 0 Å². The summed E-state index contributed by atoms with van der Waals surface area (Å²) in [6.07, 6.45) is 15.2. The molecule has 0 N–H and O–H groups in total. The standard InChI is InChI=1S/C26H41N/c1-5-9-18-23-24(19-10-6-2)26(21-12-8-4)27(25(23)20-11-7-3)22-16-14-13-15-17-22/h13-17H,5-12,18-21H2,1-4H3. The molecule has 27 heavy (non-hydrogen) atoms. The van der Waals surface area contributed by atoms with Gasteiger partial charge >= 0.3 is 0 Å². The van der Waals surface area contributed by atoms with Crippen LogP contribution in [-0.2, 0) is 25.7 Å². The number of rotatable bonds is 13. The van der Waals surface area contributed by atoms with Gasteiger partial charge in [-0.05, 0) is 74.6 Å². The first-order valence-corrected chi connectivity index (χ1v) is 11.6. The molecule has 0 spiro atoms. The van der Waals surface area contributed by atoms with Gasteiger partial charge in [0.25, 0.3) is 0 Å². The molecule has 0 bridgehead atoms. The molecule has 0 saturated heterocycles. The van der Waals surface area contributed by atoms with E-state index in [9.17, 15) is 0 Å². The van der Waals surface area contributed by atoms with Gasteiger partial charge < -0.3 is 4.57 Å². The first-order chi connectivity index (χ1) is 13.3. The zero-order valence-electron chi connectivity index (χ0n) is 18.3. The Hall–Kier alpha value is -1.50. The van der Waals surface area contributed by atoms with Crippen molar-refractivity contribution in [1.29, 1.82) is 0 Å². The number of nitrogens with zero attached hydrogens (tertiary/aromatic N) is 1. The largest absolute Gasteiger partial charge is 0.317 e. The van der Waals surface area contributed by atoms with Crippen LogP contribution < -0.4 is 0 Å². The molecule has 0 aliphatic carbocycles. The maximum absolute atomic E-state index is 2.67. The van der Waals surface area contributed by atoms with Gasteiger partial charge in [-0.2, -0.15) is 0 Å². The van der Waals surface area contributed by atoms with Crippen molar-refractivity contribution in [3.05, 3.63) is 52.8 Å². The van der Waals surface area contributed by atoms with Gasteiger partial charge in [-0.25, -0.2) is 0 Å². The Morgan fingerprint density at radius 2 is 0.963 bits per heavy atom. The van der Waals surface area contributed by atoms with Crippen LogP contribution in [0.2, 0.25) is 0 Å². The summed E-state index contributed by atoms with van der Waals surface area (Å²) in [7, 11) is 0. The first-order valence-electron chi connectivity index (χ1n) is 11.6. The molecule has 0 saturated carbocycles. The summed E-state index contributed by atoms with van der Waals surface area (Å²) >= 11 is 0. The fourth-order valence-electron chi connectivity index (χ4n) is 4.18. The minimum atomic E-state index is 1.22. The molecule has 0 fully saturated rings. The van der Waals surface area contributed by atoms with Gasteiger partial charge in [-0.3, -0.25) is 0 Å². The Kier molecular flexibility index (Phi) is 9.73. The summed E-state index contributed by atoms with van der Waals surface area (Å²) in [5, 5.41) is 0. The van der Waals surface area contributed by atoms with Crippen LogP contribution in [0, 0.1) is 0 Å². The number of unbranched alkanes of at least 4 members (excludes halogenated alkanes) is 4. The fraction of sp³-hybridized carbons (Fsp3) is 0.615. The number of hydrogen-bond acceptors (Lipinski definition) is 0. The van der Waals surface area contributed by atoms with Crippen molar-refractivity contribution in [2.45, 2.75) is 105 Å². The van der Waals surface area contributed by atoms with E-state index in [2.05, 4.69) is 62.6 Å². The summed E-state index contributed by atoms with van der Waals surface area (Å²) in [5.74, 6) is 0. The monoisotopic (exact) mass is 367 g/mol. The summed E-state index contributed by atoms with van der Waals surface area (Å²) in [5.41, 5.74) is 8.01. The van der Waals surface area contributed by atoms with Gasteiger partial charge in [-0.1, -0.05) is 71.6 Å². The van der Waals surface area contributed by atoms with E-state index in [1.807, 2.05) is 0 Å². The van der Waals surface area contributed by atoms with Crippen LogP contribution >= 0.6 is 0 Å². The molecular formula is C26H41N. The van der Waals surface area contributed by atoms with E-state index in [4.69, 9.17) is 0 Å². The van der Waals surface area contributed by atoms with Crippen LogP contribution in [-0.4, -0.2) is 4.57 Å². The SMILES string of the molecule is CCCCc1c(CCCC)c(CCCC)n(-c2ccccc2)c1CCCC. The predicted molar refractivity (Wildman–Crippen MR) is 120 cm³/mol. The van der Waals surface area contributed by atoms with E-state index in [-0.39, 0.29) is 0 Å². The molecule has 0 aliphatic rings. The second kappa shape index (κ2) is 12.1. The zero-order valence-corrected chi connectivity index (χ0v) is 18.3. The van der Waals surface area contributed by atoms with Gasteiger partial charge in [0, 0.05) is 17.1 Å². The minimum Gasteiger partial charge on any atom is -0.317 e. The van der Waals surface area contributed by atoms with E-state index < -0.39 is 0 Å². The highest BCUT2D eigenvalue weighted by Crippen LogP contribution is 2.32. The van der Waals surface area contributed by atoms with E-state index in [0.29, 0.717) is 0 Å². The lowest BCUT2D eigenvalue weighted by molar-refractivity contribution is 0.710. The van der Waals surface area contributed by atoms with Crippen molar-refractivity contribution < 1.29 is 0 Å². The lowest BCUT2D eigenvalue weighted by atomic mass is 9.95. The van der Waals surface area contributed by atoms with Crippen LogP contribution in [0.25, 0.3) is 5.69 Å². The van der Waals surface area contributed by atoms with Crippen molar-refractivity contribution in [1.82, 2.24) is 4.57 Å².